The number of nitrogens with one attached hydrogen (secondary N) is 1. The van der Waals surface area contributed by atoms with Crippen LogP contribution in [0.2, 0.25) is 0 Å². The van der Waals surface area contributed by atoms with Gasteiger partial charge in [0.1, 0.15) is 6.17 Å². The Kier molecular flexibility index (Phi) is 5.87. The van der Waals surface area contributed by atoms with E-state index in [-0.39, 0.29) is 18.0 Å². The van der Waals surface area contributed by atoms with Gasteiger partial charge in [-0.05, 0) is 30.1 Å². The first kappa shape index (κ1) is 15.6. The Morgan fingerprint density at radius 1 is 1.38 bits per heavy atom. The summed E-state index contributed by atoms with van der Waals surface area (Å²) in [5, 5.41) is 4.73. The summed E-state index contributed by atoms with van der Waals surface area (Å²) >= 11 is 1.49. The standard InChI is InChI=1S/C16H20N2O2S/c1-21-11-9-16(20)18-10-5-8-14(18)17-15(19)12-13-6-3-2-4-7-13/h2-4,6-7,9,11,14H,5,8,10,12H2,1H3,(H,17,19)/b11-9+/t14-/m1/s1. The molecule has 1 aliphatic rings. The largest absolute Gasteiger partial charge is 0.336 e. The van der Waals surface area contributed by atoms with Crippen LogP contribution in [-0.4, -0.2) is 35.7 Å². The number of rotatable bonds is 5. The molecule has 1 heterocycles. The molecule has 1 aromatic rings. The average molecular weight is 304 g/mol. The summed E-state index contributed by atoms with van der Waals surface area (Å²) in [5.74, 6) is -0.0772. The van der Waals surface area contributed by atoms with Gasteiger partial charge in [-0.15, -0.1) is 11.8 Å². The maximum absolute atomic E-state index is 12.1. The molecule has 0 aromatic heterocycles. The maximum atomic E-state index is 12.1. The molecular weight excluding hydrogens is 284 g/mol. The van der Waals surface area contributed by atoms with Crippen molar-refractivity contribution in [1.29, 1.82) is 0 Å². The molecule has 21 heavy (non-hydrogen) atoms. The molecule has 1 aromatic carbocycles. The van der Waals surface area contributed by atoms with Gasteiger partial charge in [0.2, 0.25) is 11.8 Å². The molecule has 0 saturated carbocycles. The molecule has 1 aliphatic heterocycles. The third kappa shape index (κ3) is 4.63. The van der Waals surface area contributed by atoms with Gasteiger partial charge in [0.25, 0.3) is 0 Å². The van der Waals surface area contributed by atoms with Crippen molar-refractivity contribution >= 4 is 23.6 Å². The highest BCUT2D eigenvalue weighted by molar-refractivity contribution is 8.01. The zero-order valence-electron chi connectivity index (χ0n) is 12.1. The van der Waals surface area contributed by atoms with E-state index in [1.807, 2.05) is 36.6 Å². The summed E-state index contributed by atoms with van der Waals surface area (Å²) in [6, 6.07) is 9.62. The quantitative estimate of drug-likeness (QED) is 0.848. The number of nitrogens with zero attached hydrogens (tertiary/aromatic N) is 1. The van der Waals surface area contributed by atoms with Crippen LogP contribution in [0.3, 0.4) is 0 Å². The number of carbonyl (C=O) groups is 2. The molecule has 1 fully saturated rings. The SMILES string of the molecule is CS/C=C/C(=O)N1CCC[C@@H]1NC(=O)Cc1ccccc1. The van der Waals surface area contributed by atoms with Crippen molar-refractivity contribution in [1.82, 2.24) is 10.2 Å². The van der Waals surface area contributed by atoms with Crippen LogP contribution in [0.5, 0.6) is 0 Å². The lowest BCUT2D eigenvalue weighted by molar-refractivity contribution is -0.129. The minimum atomic E-state index is -0.180. The first-order valence-corrected chi connectivity index (χ1v) is 8.32. The summed E-state index contributed by atoms with van der Waals surface area (Å²) in [7, 11) is 0. The van der Waals surface area contributed by atoms with Gasteiger partial charge in [0.15, 0.2) is 0 Å². The van der Waals surface area contributed by atoms with Gasteiger partial charge in [-0.25, -0.2) is 0 Å². The van der Waals surface area contributed by atoms with E-state index in [0.717, 1.165) is 18.4 Å². The molecule has 1 saturated heterocycles. The molecule has 112 valence electrons. The Morgan fingerprint density at radius 2 is 2.14 bits per heavy atom. The molecule has 1 N–H and O–H groups in total. The summed E-state index contributed by atoms with van der Waals surface area (Å²) in [4.78, 5) is 25.8. The predicted octanol–water partition coefficient (Wildman–Crippen LogP) is 2.17. The van der Waals surface area contributed by atoms with Gasteiger partial charge in [0, 0.05) is 12.6 Å². The fraction of sp³-hybridized carbons (Fsp3) is 0.375. The Labute approximate surface area is 129 Å². The Hall–Kier alpha value is -1.75. The van der Waals surface area contributed by atoms with Crippen molar-refractivity contribution in [2.24, 2.45) is 0 Å². The molecule has 0 bridgehead atoms. The van der Waals surface area contributed by atoms with Gasteiger partial charge >= 0.3 is 0 Å². The van der Waals surface area contributed by atoms with Crippen molar-refractivity contribution in [3.63, 3.8) is 0 Å². The zero-order chi connectivity index (χ0) is 15.1. The van der Waals surface area contributed by atoms with E-state index in [2.05, 4.69) is 5.32 Å². The minimum absolute atomic E-state index is 0.0353. The highest BCUT2D eigenvalue weighted by Gasteiger charge is 2.28. The van der Waals surface area contributed by atoms with Crippen LogP contribution in [-0.2, 0) is 16.0 Å². The summed E-state index contributed by atoms with van der Waals surface area (Å²) in [6.07, 6.45) is 5.38. The van der Waals surface area contributed by atoms with E-state index in [1.165, 1.54) is 11.8 Å². The second-order valence-corrected chi connectivity index (χ2v) is 5.70. The van der Waals surface area contributed by atoms with E-state index in [1.54, 1.807) is 16.4 Å². The smallest absolute Gasteiger partial charge is 0.248 e. The van der Waals surface area contributed by atoms with E-state index >= 15 is 0 Å². The summed E-state index contributed by atoms with van der Waals surface area (Å²) in [6.45, 7) is 0.702. The molecule has 0 radical (unpaired) electrons. The fourth-order valence-electron chi connectivity index (χ4n) is 2.42. The highest BCUT2D eigenvalue weighted by Crippen LogP contribution is 2.16. The van der Waals surface area contributed by atoms with Crippen LogP contribution in [0.4, 0.5) is 0 Å². The molecule has 0 spiro atoms. The van der Waals surface area contributed by atoms with E-state index < -0.39 is 0 Å². The Balaban J connectivity index is 1.90. The minimum Gasteiger partial charge on any atom is -0.336 e. The summed E-state index contributed by atoms with van der Waals surface area (Å²) < 4.78 is 0. The lowest BCUT2D eigenvalue weighted by Crippen LogP contribution is -2.47. The molecule has 0 unspecified atom stereocenters. The zero-order valence-corrected chi connectivity index (χ0v) is 12.9. The predicted molar refractivity (Wildman–Crippen MR) is 85.7 cm³/mol. The van der Waals surface area contributed by atoms with Crippen LogP contribution in [0.25, 0.3) is 0 Å². The van der Waals surface area contributed by atoms with Crippen molar-refractivity contribution in [3.05, 3.63) is 47.4 Å². The third-order valence-corrected chi connectivity index (χ3v) is 3.83. The molecule has 0 aliphatic carbocycles. The van der Waals surface area contributed by atoms with E-state index in [4.69, 9.17) is 0 Å². The van der Waals surface area contributed by atoms with Gasteiger partial charge in [0.05, 0.1) is 6.42 Å². The normalized spacial score (nSPS) is 18.1. The average Bonchev–Trinajstić information content (AvgIpc) is 2.93. The van der Waals surface area contributed by atoms with Crippen molar-refractivity contribution in [2.45, 2.75) is 25.4 Å². The first-order chi connectivity index (χ1) is 10.2. The number of benzene rings is 1. The van der Waals surface area contributed by atoms with Crippen LogP contribution in [0.1, 0.15) is 18.4 Å². The number of hydrogen-bond donors (Lipinski definition) is 1. The number of thioether (sulfide) groups is 1. The monoisotopic (exact) mass is 304 g/mol. The second-order valence-electron chi connectivity index (χ2n) is 4.96. The fourth-order valence-corrected chi connectivity index (χ4v) is 2.67. The lowest BCUT2D eigenvalue weighted by Gasteiger charge is -2.24. The van der Waals surface area contributed by atoms with Crippen molar-refractivity contribution in [3.8, 4) is 0 Å². The second kappa shape index (κ2) is 7.88. The number of amides is 2. The van der Waals surface area contributed by atoms with E-state index in [0.29, 0.717) is 13.0 Å². The Bertz CT molecular complexity index is 516. The van der Waals surface area contributed by atoms with Crippen LogP contribution in [0, 0.1) is 0 Å². The van der Waals surface area contributed by atoms with Gasteiger partial charge < -0.3 is 10.2 Å². The van der Waals surface area contributed by atoms with Crippen LogP contribution < -0.4 is 5.32 Å². The van der Waals surface area contributed by atoms with Crippen molar-refractivity contribution in [2.75, 3.05) is 12.8 Å². The maximum Gasteiger partial charge on any atom is 0.248 e. The molecule has 5 heteroatoms. The van der Waals surface area contributed by atoms with Gasteiger partial charge in [-0.2, -0.15) is 0 Å². The Morgan fingerprint density at radius 3 is 2.86 bits per heavy atom. The topological polar surface area (TPSA) is 49.4 Å². The molecule has 1 atom stereocenters. The van der Waals surface area contributed by atoms with Crippen molar-refractivity contribution < 1.29 is 9.59 Å². The molecule has 4 nitrogen and oxygen atoms in total. The van der Waals surface area contributed by atoms with Crippen LogP contribution in [0.15, 0.2) is 41.8 Å². The van der Waals surface area contributed by atoms with Gasteiger partial charge in [-0.1, -0.05) is 30.3 Å². The number of hydrogen-bond acceptors (Lipinski definition) is 3. The molecular formula is C16H20N2O2S. The van der Waals surface area contributed by atoms with E-state index in [9.17, 15) is 9.59 Å². The molecule has 2 rings (SSSR count). The molecule has 2 amide bonds. The van der Waals surface area contributed by atoms with Crippen LogP contribution >= 0.6 is 11.8 Å². The number of carbonyl (C=O) groups excluding carboxylic acids is 2. The van der Waals surface area contributed by atoms with Gasteiger partial charge in [-0.3, -0.25) is 9.59 Å². The third-order valence-electron chi connectivity index (χ3n) is 3.42. The number of likely N-dealkylation sites (tertiary alicyclic amines) is 1. The lowest BCUT2D eigenvalue weighted by atomic mass is 10.1. The highest BCUT2D eigenvalue weighted by atomic mass is 32.2. The summed E-state index contributed by atoms with van der Waals surface area (Å²) in [5.41, 5.74) is 0.980. The first-order valence-electron chi connectivity index (χ1n) is 7.04.